The monoisotopic (exact) mass is 259 g/mol. The number of rotatable bonds is 2. The van der Waals surface area contributed by atoms with Gasteiger partial charge in [-0.2, -0.15) is 0 Å². The zero-order chi connectivity index (χ0) is 10.9. The smallest absolute Gasteiger partial charge is 0.339 e. The molecule has 0 aliphatic rings. The lowest BCUT2D eigenvalue weighted by Gasteiger charge is -2.12. The lowest BCUT2D eigenvalue weighted by molar-refractivity contribution is 0.0693. The van der Waals surface area contributed by atoms with Crippen molar-refractivity contribution in [2.75, 3.05) is 12.8 Å². The van der Waals surface area contributed by atoms with E-state index in [1.54, 1.807) is 6.92 Å². The molecule has 0 atom stereocenters. The van der Waals surface area contributed by atoms with Gasteiger partial charge in [0.05, 0.1) is 12.8 Å². The van der Waals surface area contributed by atoms with E-state index in [0.717, 1.165) is 0 Å². The molecule has 5 heteroatoms. The number of nitrogen functional groups attached to an aromatic ring is 1. The number of carboxylic acid groups (broad SMARTS) is 1. The van der Waals surface area contributed by atoms with E-state index in [-0.39, 0.29) is 5.56 Å². The van der Waals surface area contributed by atoms with Gasteiger partial charge >= 0.3 is 5.97 Å². The quantitative estimate of drug-likeness (QED) is 0.798. The van der Waals surface area contributed by atoms with Crippen LogP contribution < -0.4 is 10.5 Å². The molecule has 0 aromatic heterocycles. The number of methoxy groups -OCH3 is 1. The van der Waals surface area contributed by atoms with Crippen LogP contribution in [0.2, 0.25) is 0 Å². The molecular formula is C9H10BrNO3. The SMILES string of the molecule is COc1c(C(=O)O)cc(Br)c(N)c1C. The number of ether oxygens (including phenoxy) is 1. The van der Waals surface area contributed by atoms with Crippen molar-refractivity contribution < 1.29 is 14.6 Å². The topological polar surface area (TPSA) is 72.5 Å². The zero-order valence-electron chi connectivity index (χ0n) is 7.80. The van der Waals surface area contributed by atoms with E-state index in [1.165, 1.54) is 13.2 Å². The van der Waals surface area contributed by atoms with Gasteiger partial charge in [0, 0.05) is 10.0 Å². The van der Waals surface area contributed by atoms with Crippen LogP contribution in [0.3, 0.4) is 0 Å². The summed E-state index contributed by atoms with van der Waals surface area (Å²) in [5, 5.41) is 8.89. The van der Waals surface area contributed by atoms with Crippen LogP contribution in [0.5, 0.6) is 5.75 Å². The number of hydrogen-bond donors (Lipinski definition) is 2. The van der Waals surface area contributed by atoms with Crippen molar-refractivity contribution in [1.82, 2.24) is 0 Å². The minimum atomic E-state index is -1.04. The number of nitrogens with two attached hydrogens (primary N) is 1. The normalized spacial score (nSPS) is 9.93. The molecule has 0 radical (unpaired) electrons. The highest BCUT2D eigenvalue weighted by Crippen LogP contribution is 2.34. The van der Waals surface area contributed by atoms with Gasteiger partial charge in [0.15, 0.2) is 0 Å². The second-order valence-electron chi connectivity index (χ2n) is 2.78. The van der Waals surface area contributed by atoms with Crippen molar-refractivity contribution in [2.24, 2.45) is 0 Å². The molecule has 76 valence electrons. The maximum Gasteiger partial charge on any atom is 0.339 e. The average molecular weight is 260 g/mol. The zero-order valence-corrected chi connectivity index (χ0v) is 9.38. The Bertz CT molecular complexity index is 390. The first-order valence-corrected chi connectivity index (χ1v) is 4.64. The first-order chi connectivity index (χ1) is 6.49. The highest BCUT2D eigenvalue weighted by atomic mass is 79.9. The van der Waals surface area contributed by atoms with E-state index in [1.807, 2.05) is 0 Å². The maximum absolute atomic E-state index is 10.9. The predicted octanol–water partition coefficient (Wildman–Crippen LogP) is 2.05. The average Bonchev–Trinajstić information content (AvgIpc) is 2.13. The van der Waals surface area contributed by atoms with Gasteiger partial charge < -0.3 is 15.6 Å². The van der Waals surface area contributed by atoms with Gasteiger partial charge in [-0.3, -0.25) is 0 Å². The van der Waals surface area contributed by atoms with Gasteiger partial charge in [0.1, 0.15) is 11.3 Å². The van der Waals surface area contributed by atoms with Crippen LogP contribution in [0.15, 0.2) is 10.5 Å². The number of carboxylic acids is 1. The predicted molar refractivity (Wildman–Crippen MR) is 56.8 cm³/mol. The molecule has 0 unspecified atom stereocenters. The van der Waals surface area contributed by atoms with Crippen molar-refractivity contribution in [3.05, 3.63) is 21.7 Å². The Morgan fingerprint density at radius 2 is 2.21 bits per heavy atom. The second-order valence-corrected chi connectivity index (χ2v) is 3.64. The number of benzene rings is 1. The Kier molecular flexibility index (Phi) is 3.00. The van der Waals surface area contributed by atoms with Crippen LogP contribution in [-0.2, 0) is 0 Å². The molecule has 4 nitrogen and oxygen atoms in total. The fraction of sp³-hybridized carbons (Fsp3) is 0.222. The Hall–Kier alpha value is -1.23. The molecule has 0 saturated heterocycles. The van der Waals surface area contributed by atoms with Gasteiger partial charge in [-0.25, -0.2) is 4.79 Å². The lowest BCUT2D eigenvalue weighted by atomic mass is 10.1. The minimum Gasteiger partial charge on any atom is -0.495 e. The molecule has 0 aliphatic carbocycles. The highest BCUT2D eigenvalue weighted by Gasteiger charge is 2.17. The largest absolute Gasteiger partial charge is 0.495 e. The Balaban J connectivity index is 3.51. The molecule has 0 heterocycles. The standard InChI is InChI=1S/C9H10BrNO3/c1-4-7(11)6(10)3-5(9(12)13)8(4)14-2/h3H,11H2,1-2H3,(H,12,13). The molecule has 0 aliphatic heterocycles. The van der Waals surface area contributed by atoms with Crippen LogP contribution in [0.25, 0.3) is 0 Å². The molecule has 1 rings (SSSR count). The summed E-state index contributed by atoms with van der Waals surface area (Å²) in [6, 6.07) is 1.43. The molecule has 0 bridgehead atoms. The first kappa shape index (κ1) is 10.8. The van der Waals surface area contributed by atoms with E-state index in [9.17, 15) is 4.79 Å². The minimum absolute atomic E-state index is 0.103. The van der Waals surface area contributed by atoms with Crippen molar-refractivity contribution in [3.8, 4) is 5.75 Å². The van der Waals surface area contributed by atoms with E-state index < -0.39 is 5.97 Å². The van der Waals surface area contributed by atoms with Crippen LogP contribution in [0.1, 0.15) is 15.9 Å². The third-order valence-corrected chi connectivity index (χ3v) is 2.61. The second kappa shape index (κ2) is 3.88. The van der Waals surface area contributed by atoms with Crippen LogP contribution in [0, 0.1) is 6.92 Å². The molecule has 0 saturated carbocycles. The Labute approximate surface area is 89.8 Å². The number of aromatic carboxylic acids is 1. The van der Waals surface area contributed by atoms with Gasteiger partial charge in [0.2, 0.25) is 0 Å². The van der Waals surface area contributed by atoms with Gasteiger partial charge in [-0.05, 0) is 28.9 Å². The fourth-order valence-corrected chi connectivity index (χ4v) is 1.72. The molecule has 0 amide bonds. The van der Waals surface area contributed by atoms with Crippen molar-refractivity contribution in [2.45, 2.75) is 6.92 Å². The van der Waals surface area contributed by atoms with Gasteiger partial charge in [-0.15, -0.1) is 0 Å². The first-order valence-electron chi connectivity index (χ1n) is 3.85. The lowest BCUT2D eigenvalue weighted by Crippen LogP contribution is -2.05. The highest BCUT2D eigenvalue weighted by molar-refractivity contribution is 9.10. The van der Waals surface area contributed by atoms with Crippen molar-refractivity contribution >= 4 is 27.6 Å². The summed E-state index contributed by atoms with van der Waals surface area (Å²) in [5.74, 6) is -0.733. The maximum atomic E-state index is 10.9. The number of carbonyl (C=O) groups is 1. The summed E-state index contributed by atoms with van der Waals surface area (Å²) in [4.78, 5) is 10.9. The summed E-state index contributed by atoms with van der Waals surface area (Å²) >= 11 is 3.18. The molecule has 0 fully saturated rings. The molecule has 14 heavy (non-hydrogen) atoms. The fourth-order valence-electron chi connectivity index (χ4n) is 1.20. The Morgan fingerprint density at radius 3 is 2.64 bits per heavy atom. The summed E-state index contributed by atoms with van der Waals surface area (Å²) in [6.45, 7) is 1.71. The van der Waals surface area contributed by atoms with Crippen LogP contribution >= 0.6 is 15.9 Å². The Morgan fingerprint density at radius 1 is 1.64 bits per heavy atom. The van der Waals surface area contributed by atoms with Gasteiger partial charge in [-0.1, -0.05) is 0 Å². The summed E-state index contributed by atoms with van der Waals surface area (Å²) in [6.07, 6.45) is 0. The molecular weight excluding hydrogens is 250 g/mol. The number of hydrogen-bond acceptors (Lipinski definition) is 3. The molecule has 3 N–H and O–H groups in total. The molecule has 1 aromatic carbocycles. The molecule has 0 spiro atoms. The van der Waals surface area contributed by atoms with Crippen molar-refractivity contribution in [1.29, 1.82) is 0 Å². The molecule has 1 aromatic rings. The van der Waals surface area contributed by atoms with Crippen molar-refractivity contribution in [3.63, 3.8) is 0 Å². The number of halogens is 1. The van der Waals surface area contributed by atoms with Crippen LogP contribution in [0.4, 0.5) is 5.69 Å². The summed E-state index contributed by atoms with van der Waals surface area (Å²) < 4.78 is 5.55. The van der Waals surface area contributed by atoms with Gasteiger partial charge in [0.25, 0.3) is 0 Å². The third-order valence-electron chi connectivity index (χ3n) is 1.95. The number of anilines is 1. The summed E-state index contributed by atoms with van der Waals surface area (Å²) in [7, 11) is 1.42. The van der Waals surface area contributed by atoms with E-state index in [2.05, 4.69) is 15.9 Å². The van der Waals surface area contributed by atoms with E-state index in [4.69, 9.17) is 15.6 Å². The van der Waals surface area contributed by atoms with Crippen LogP contribution in [-0.4, -0.2) is 18.2 Å². The van der Waals surface area contributed by atoms with E-state index >= 15 is 0 Å². The van der Waals surface area contributed by atoms with E-state index in [0.29, 0.717) is 21.5 Å². The third kappa shape index (κ3) is 1.68. The summed E-state index contributed by atoms with van der Waals surface area (Å²) in [5.41, 5.74) is 6.93.